The fraction of sp³-hybridized carbons (Fsp3) is 0.688. The average molecular weight is 404 g/mol. The summed E-state index contributed by atoms with van der Waals surface area (Å²) in [6.45, 7) is 2.46. The van der Waals surface area contributed by atoms with Gasteiger partial charge in [0, 0.05) is 5.92 Å². The first-order valence-corrected chi connectivity index (χ1v) is 9.77. The molecular formula is C16H28N4O6S. The number of esters is 1. The van der Waals surface area contributed by atoms with E-state index >= 15 is 0 Å². The molecule has 0 aromatic carbocycles. The quantitative estimate of drug-likeness (QED) is 0.287. The van der Waals surface area contributed by atoms with Crippen molar-refractivity contribution in [1.82, 2.24) is 21.3 Å². The minimum atomic E-state index is -0.733. The van der Waals surface area contributed by atoms with E-state index in [1.54, 1.807) is 13.8 Å². The highest BCUT2D eigenvalue weighted by Crippen LogP contribution is 2.03. The van der Waals surface area contributed by atoms with Gasteiger partial charge in [-0.1, -0.05) is 13.8 Å². The third-order valence-corrected chi connectivity index (χ3v) is 3.94. The van der Waals surface area contributed by atoms with Gasteiger partial charge in [0.1, 0.15) is 12.6 Å². The van der Waals surface area contributed by atoms with E-state index in [1.807, 2.05) is 6.26 Å². The van der Waals surface area contributed by atoms with Crippen molar-refractivity contribution in [2.45, 2.75) is 26.3 Å². The maximum atomic E-state index is 12.2. The molecule has 4 amide bonds. The molecule has 0 saturated heterocycles. The van der Waals surface area contributed by atoms with Crippen LogP contribution in [-0.2, 0) is 28.7 Å². The molecule has 0 aliphatic carbocycles. The van der Waals surface area contributed by atoms with Crippen molar-refractivity contribution in [1.29, 1.82) is 0 Å². The number of rotatable bonds is 12. The summed E-state index contributed by atoms with van der Waals surface area (Å²) in [5.74, 6) is -2.06. The summed E-state index contributed by atoms with van der Waals surface area (Å²) in [5, 5.41) is 9.67. The van der Waals surface area contributed by atoms with Gasteiger partial charge in [-0.25, -0.2) is 0 Å². The van der Waals surface area contributed by atoms with Gasteiger partial charge in [-0.3, -0.25) is 24.0 Å². The minimum Gasteiger partial charge on any atom is -0.468 e. The lowest BCUT2D eigenvalue weighted by Gasteiger charge is -2.19. The second-order valence-electron chi connectivity index (χ2n) is 5.84. The van der Waals surface area contributed by atoms with Gasteiger partial charge in [-0.05, 0) is 18.4 Å². The fourth-order valence-electron chi connectivity index (χ4n) is 1.68. The van der Waals surface area contributed by atoms with Crippen LogP contribution in [0.3, 0.4) is 0 Å². The van der Waals surface area contributed by atoms with Gasteiger partial charge in [-0.2, -0.15) is 11.8 Å². The first kappa shape index (κ1) is 24.7. The zero-order valence-corrected chi connectivity index (χ0v) is 16.9. The predicted octanol–water partition coefficient (Wildman–Crippen LogP) is -1.60. The summed E-state index contributed by atoms with van der Waals surface area (Å²) >= 11 is 1.54. The van der Waals surface area contributed by atoms with Crippen LogP contribution in [0.1, 0.15) is 20.3 Å². The highest BCUT2D eigenvalue weighted by atomic mass is 32.2. The Kier molecular flexibility index (Phi) is 12.7. The lowest BCUT2D eigenvalue weighted by atomic mass is 10.1. The van der Waals surface area contributed by atoms with Crippen LogP contribution in [-0.4, -0.2) is 74.4 Å². The van der Waals surface area contributed by atoms with Crippen LogP contribution >= 0.6 is 11.8 Å². The van der Waals surface area contributed by atoms with Gasteiger partial charge in [0.15, 0.2) is 0 Å². The van der Waals surface area contributed by atoms with Crippen LogP contribution < -0.4 is 21.3 Å². The number of amides is 4. The van der Waals surface area contributed by atoms with E-state index < -0.39 is 29.7 Å². The molecule has 0 aliphatic heterocycles. The van der Waals surface area contributed by atoms with E-state index in [2.05, 4.69) is 26.0 Å². The van der Waals surface area contributed by atoms with Crippen molar-refractivity contribution >= 4 is 41.4 Å². The SMILES string of the molecule is COC(=O)CNC(=O)CNC(=O)CNC(=O)C(CCSC)NC(=O)C(C)C. The molecule has 1 atom stereocenters. The monoisotopic (exact) mass is 404 g/mol. The molecule has 0 saturated carbocycles. The lowest BCUT2D eigenvalue weighted by molar-refractivity contribution is -0.141. The predicted molar refractivity (Wildman–Crippen MR) is 101 cm³/mol. The maximum absolute atomic E-state index is 12.2. The number of thioether (sulfide) groups is 1. The van der Waals surface area contributed by atoms with Crippen LogP contribution in [0.15, 0.2) is 0 Å². The van der Waals surface area contributed by atoms with Crippen molar-refractivity contribution in [3.63, 3.8) is 0 Å². The second-order valence-corrected chi connectivity index (χ2v) is 6.83. The molecule has 0 spiro atoms. The summed E-state index contributed by atoms with van der Waals surface area (Å²) in [6, 6.07) is -0.733. The zero-order valence-electron chi connectivity index (χ0n) is 16.0. The molecule has 0 fully saturated rings. The fourth-order valence-corrected chi connectivity index (χ4v) is 2.15. The third kappa shape index (κ3) is 11.8. The molecule has 10 nitrogen and oxygen atoms in total. The van der Waals surface area contributed by atoms with E-state index in [-0.39, 0.29) is 31.5 Å². The second kappa shape index (κ2) is 13.8. The normalized spacial score (nSPS) is 11.3. The molecule has 27 heavy (non-hydrogen) atoms. The van der Waals surface area contributed by atoms with Crippen molar-refractivity contribution in [3.05, 3.63) is 0 Å². The molecule has 0 radical (unpaired) electrons. The lowest BCUT2D eigenvalue weighted by Crippen LogP contribution is -2.50. The molecule has 0 heterocycles. The topological polar surface area (TPSA) is 143 Å². The van der Waals surface area contributed by atoms with Gasteiger partial charge in [0.05, 0.1) is 20.2 Å². The zero-order chi connectivity index (χ0) is 20.8. The molecular weight excluding hydrogens is 376 g/mol. The van der Waals surface area contributed by atoms with E-state index in [9.17, 15) is 24.0 Å². The van der Waals surface area contributed by atoms with Gasteiger partial charge >= 0.3 is 5.97 Å². The average Bonchev–Trinajstić information content (AvgIpc) is 2.65. The van der Waals surface area contributed by atoms with Crippen LogP contribution in [0, 0.1) is 5.92 Å². The Hall–Kier alpha value is -2.30. The van der Waals surface area contributed by atoms with Crippen molar-refractivity contribution in [2.75, 3.05) is 38.8 Å². The maximum Gasteiger partial charge on any atom is 0.325 e. The van der Waals surface area contributed by atoms with Crippen molar-refractivity contribution in [3.8, 4) is 0 Å². The highest BCUT2D eigenvalue weighted by Gasteiger charge is 2.22. The Morgan fingerprint density at radius 2 is 1.44 bits per heavy atom. The van der Waals surface area contributed by atoms with E-state index in [4.69, 9.17) is 0 Å². The van der Waals surface area contributed by atoms with Gasteiger partial charge in [0.2, 0.25) is 23.6 Å². The molecule has 154 valence electrons. The third-order valence-electron chi connectivity index (χ3n) is 3.29. The van der Waals surface area contributed by atoms with E-state index in [0.29, 0.717) is 12.2 Å². The molecule has 0 aliphatic rings. The van der Waals surface area contributed by atoms with Crippen molar-refractivity contribution < 1.29 is 28.7 Å². The van der Waals surface area contributed by atoms with Crippen LogP contribution in [0.25, 0.3) is 0 Å². The number of ether oxygens (including phenoxy) is 1. The van der Waals surface area contributed by atoms with Gasteiger partial charge in [0.25, 0.3) is 0 Å². The number of carbonyl (C=O) groups excluding carboxylic acids is 5. The molecule has 11 heteroatoms. The number of hydrogen-bond acceptors (Lipinski definition) is 7. The van der Waals surface area contributed by atoms with Gasteiger partial charge < -0.3 is 26.0 Å². The molecule has 0 aromatic heterocycles. The minimum absolute atomic E-state index is 0.247. The first-order chi connectivity index (χ1) is 12.7. The highest BCUT2D eigenvalue weighted by molar-refractivity contribution is 7.98. The van der Waals surface area contributed by atoms with Gasteiger partial charge in [-0.15, -0.1) is 0 Å². The van der Waals surface area contributed by atoms with E-state index in [1.165, 1.54) is 18.9 Å². The van der Waals surface area contributed by atoms with E-state index in [0.717, 1.165) is 0 Å². The smallest absolute Gasteiger partial charge is 0.325 e. The molecule has 0 rings (SSSR count). The summed E-state index contributed by atoms with van der Waals surface area (Å²) in [6.07, 6.45) is 2.32. The van der Waals surface area contributed by atoms with Crippen LogP contribution in [0.2, 0.25) is 0 Å². The van der Waals surface area contributed by atoms with Crippen LogP contribution in [0.5, 0.6) is 0 Å². The Bertz CT molecular complexity index is 541. The summed E-state index contributed by atoms with van der Waals surface area (Å²) in [5.41, 5.74) is 0. The molecule has 1 unspecified atom stereocenters. The molecule has 4 N–H and O–H groups in total. The Morgan fingerprint density at radius 1 is 0.889 bits per heavy atom. The largest absolute Gasteiger partial charge is 0.468 e. The summed E-state index contributed by atoms with van der Waals surface area (Å²) < 4.78 is 4.36. The molecule has 0 aromatic rings. The van der Waals surface area contributed by atoms with Crippen molar-refractivity contribution in [2.24, 2.45) is 5.92 Å². The Labute approximate surface area is 162 Å². The molecule has 0 bridgehead atoms. The number of carbonyl (C=O) groups is 5. The number of methoxy groups -OCH3 is 1. The standard InChI is InChI=1S/C16H28N4O6S/c1-10(2)15(24)20-11(5-6-27-4)16(25)19-8-13(22)17-7-12(21)18-9-14(23)26-3/h10-11H,5-9H2,1-4H3,(H,17,22)(H,18,21)(H,19,25)(H,20,24). The summed E-state index contributed by atoms with van der Waals surface area (Å²) in [7, 11) is 1.19. The Balaban J connectivity index is 4.32. The Morgan fingerprint density at radius 3 is 1.96 bits per heavy atom. The first-order valence-electron chi connectivity index (χ1n) is 8.38. The number of hydrogen-bond donors (Lipinski definition) is 4. The number of nitrogens with one attached hydrogen (secondary N) is 4. The van der Waals surface area contributed by atoms with Crippen LogP contribution in [0.4, 0.5) is 0 Å². The summed E-state index contributed by atoms with van der Waals surface area (Å²) in [4.78, 5) is 58.1.